The molecule has 1 fully saturated rings. The zero-order valence-corrected chi connectivity index (χ0v) is 23.5. The maximum atomic E-state index is 12.9. The molecule has 1 aliphatic heterocycles. The summed E-state index contributed by atoms with van der Waals surface area (Å²) in [5, 5.41) is 12.6. The highest BCUT2D eigenvalue weighted by Gasteiger charge is 2.30. The lowest BCUT2D eigenvalue weighted by Gasteiger charge is -2.37. The summed E-state index contributed by atoms with van der Waals surface area (Å²) >= 11 is 0. The largest absolute Gasteiger partial charge is 0.480 e. The number of rotatable bonds is 9. The smallest absolute Gasteiger partial charge is 0.407 e. The Kier molecular flexibility index (Phi) is 8.19. The fourth-order valence-corrected chi connectivity index (χ4v) is 6.18. The Morgan fingerprint density at radius 3 is 2.05 bits per heavy atom. The van der Waals surface area contributed by atoms with Crippen molar-refractivity contribution >= 4 is 17.7 Å². The van der Waals surface area contributed by atoms with Gasteiger partial charge < -0.3 is 20.1 Å². The Morgan fingerprint density at radius 2 is 1.38 bits per heavy atom. The number of hydrogen-bond acceptors (Lipinski definition) is 5. The standard InChI is InChI=1S/C35H35N3O4/c39-34(40)32(36-35(41)42-24-31-29-15-7-5-13-27(29)28-14-6-8-16-30(28)31)22-26-12-4-9-17-33(26)38-20-18-37(19-21-38)23-25-10-2-1-3-11-25/h1-17,31-32H,18-24H2,(H,36,41)(H,39,40). The van der Waals surface area contributed by atoms with Crippen molar-refractivity contribution in [2.75, 3.05) is 37.7 Å². The number of fused-ring (bicyclic) bond motifs is 3. The number of para-hydroxylation sites is 1. The van der Waals surface area contributed by atoms with Crippen molar-refractivity contribution in [1.29, 1.82) is 0 Å². The Balaban J connectivity index is 1.08. The number of carboxylic acids is 1. The van der Waals surface area contributed by atoms with Gasteiger partial charge in [-0.25, -0.2) is 9.59 Å². The molecule has 42 heavy (non-hydrogen) atoms. The molecule has 1 saturated heterocycles. The Labute approximate surface area is 246 Å². The predicted octanol–water partition coefficient (Wildman–Crippen LogP) is 5.54. The number of hydrogen-bond donors (Lipinski definition) is 2. The van der Waals surface area contributed by atoms with Crippen molar-refractivity contribution in [2.24, 2.45) is 0 Å². The van der Waals surface area contributed by atoms with Crippen LogP contribution in [0.4, 0.5) is 10.5 Å². The summed E-state index contributed by atoms with van der Waals surface area (Å²) in [5.74, 6) is -1.18. The third-order valence-corrected chi connectivity index (χ3v) is 8.31. The number of carbonyl (C=O) groups is 2. The second-order valence-corrected chi connectivity index (χ2v) is 10.9. The molecule has 1 heterocycles. The monoisotopic (exact) mass is 561 g/mol. The highest BCUT2D eigenvalue weighted by Crippen LogP contribution is 2.44. The van der Waals surface area contributed by atoms with Crippen LogP contribution in [0, 0.1) is 0 Å². The minimum atomic E-state index is -1.11. The molecule has 0 radical (unpaired) electrons. The quantitative estimate of drug-likeness (QED) is 0.279. The minimum Gasteiger partial charge on any atom is -0.480 e. The van der Waals surface area contributed by atoms with Gasteiger partial charge in [0.2, 0.25) is 0 Å². The van der Waals surface area contributed by atoms with E-state index in [4.69, 9.17) is 4.74 Å². The summed E-state index contributed by atoms with van der Waals surface area (Å²) in [5.41, 5.74) is 7.71. The predicted molar refractivity (Wildman–Crippen MR) is 164 cm³/mol. The fourth-order valence-electron chi connectivity index (χ4n) is 6.18. The Bertz CT molecular complexity index is 1500. The lowest BCUT2D eigenvalue weighted by molar-refractivity contribution is -0.139. The zero-order valence-electron chi connectivity index (χ0n) is 23.5. The van der Waals surface area contributed by atoms with Gasteiger partial charge in [0.25, 0.3) is 0 Å². The van der Waals surface area contributed by atoms with Crippen molar-refractivity contribution in [1.82, 2.24) is 10.2 Å². The maximum Gasteiger partial charge on any atom is 0.407 e. The summed E-state index contributed by atoms with van der Waals surface area (Å²) in [7, 11) is 0. The van der Waals surface area contributed by atoms with Gasteiger partial charge in [-0.2, -0.15) is 0 Å². The van der Waals surface area contributed by atoms with Gasteiger partial charge in [-0.15, -0.1) is 0 Å². The van der Waals surface area contributed by atoms with Crippen molar-refractivity contribution in [2.45, 2.75) is 24.9 Å². The molecule has 2 N–H and O–H groups in total. The van der Waals surface area contributed by atoms with Crippen molar-refractivity contribution in [3.05, 3.63) is 125 Å². The van der Waals surface area contributed by atoms with E-state index in [9.17, 15) is 14.7 Å². The van der Waals surface area contributed by atoms with Gasteiger partial charge in [-0.1, -0.05) is 97.1 Å². The molecule has 1 unspecified atom stereocenters. The van der Waals surface area contributed by atoms with E-state index in [0.717, 1.165) is 66.2 Å². The summed E-state index contributed by atoms with van der Waals surface area (Å²) in [6.07, 6.45) is -0.559. The van der Waals surface area contributed by atoms with Crippen LogP contribution in [0.25, 0.3) is 11.1 Å². The highest BCUT2D eigenvalue weighted by atomic mass is 16.5. The van der Waals surface area contributed by atoms with E-state index in [2.05, 4.69) is 63.6 Å². The summed E-state index contributed by atoms with van der Waals surface area (Å²) < 4.78 is 5.64. The Hall–Kier alpha value is -4.62. The number of alkyl carbamates (subject to hydrolysis) is 1. The lowest BCUT2D eigenvalue weighted by Crippen LogP contribution is -2.47. The first-order chi connectivity index (χ1) is 20.6. The number of anilines is 1. The number of carboxylic acid groups (broad SMARTS) is 1. The molecule has 6 rings (SSSR count). The second-order valence-electron chi connectivity index (χ2n) is 10.9. The van der Waals surface area contributed by atoms with Crippen molar-refractivity contribution in [3.63, 3.8) is 0 Å². The molecular formula is C35H35N3O4. The van der Waals surface area contributed by atoms with Crippen molar-refractivity contribution < 1.29 is 19.4 Å². The summed E-state index contributed by atoms with van der Waals surface area (Å²) in [4.78, 5) is 29.9. The molecule has 0 bridgehead atoms. The zero-order chi connectivity index (χ0) is 28.9. The van der Waals surface area contributed by atoms with Gasteiger partial charge in [0.05, 0.1) is 0 Å². The molecule has 1 amide bonds. The molecule has 4 aromatic rings. The van der Waals surface area contributed by atoms with E-state index in [0.29, 0.717) is 0 Å². The lowest BCUT2D eigenvalue weighted by atomic mass is 9.98. The van der Waals surface area contributed by atoms with Gasteiger partial charge >= 0.3 is 12.1 Å². The third kappa shape index (κ3) is 6.02. The first-order valence-corrected chi connectivity index (χ1v) is 14.5. The van der Waals surface area contributed by atoms with Crippen LogP contribution in [0.15, 0.2) is 103 Å². The molecule has 7 nitrogen and oxygen atoms in total. The molecule has 1 atom stereocenters. The molecule has 0 saturated carbocycles. The molecule has 4 aromatic carbocycles. The van der Waals surface area contributed by atoms with Crippen LogP contribution in [-0.2, 0) is 22.5 Å². The molecule has 0 aromatic heterocycles. The van der Waals surface area contributed by atoms with Crippen LogP contribution in [-0.4, -0.2) is 60.9 Å². The van der Waals surface area contributed by atoms with Crippen molar-refractivity contribution in [3.8, 4) is 11.1 Å². The number of carbonyl (C=O) groups excluding carboxylic acids is 1. The number of nitrogens with zero attached hydrogens (tertiary/aromatic N) is 2. The molecular weight excluding hydrogens is 526 g/mol. The number of benzene rings is 4. The van der Waals surface area contributed by atoms with Crippen LogP contribution in [0.2, 0.25) is 0 Å². The van der Waals surface area contributed by atoms with E-state index >= 15 is 0 Å². The SMILES string of the molecule is O=C(NC(Cc1ccccc1N1CCN(Cc2ccccc2)CC1)C(=O)O)OCC1c2ccccc2-c2ccccc21. The minimum absolute atomic E-state index is 0.0901. The van der Waals surface area contributed by atoms with E-state index in [-0.39, 0.29) is 18.9 Å². The molecule has 7 heteroatoms. The molecule has 1 aliphatic carbocycles. The van der Waals surface area contributed by atoms with Gasteiger partial charge in [-0.3, -0.25) is 4.90 Å². The van der Waals surface area contributed by atoms with Gasteiger partial charge in [0.15, 0.2) is 0 Å². The second kappa shape index (κ2) is 12.5. The number of amides is 1. The van der Waals surface area contributed by atoms with E-state index in [1.165, 1.54) is 5.56 Å². The summed E-state index contributed by atoms with van der Waals surface area (Å²) in [6.45, 7) is 4.59. The number of piperazine rings is 1. The van der Waals surface area contributed by atoms with Crippen LogP contribution in [0.3, 0.4) is 0 Å². The fraction of sp³-hybridized carbons (Fsp3) is 0.257. The molecule has 214 valence electrons. The third-order valence-electron chi connectivity index (χ3n) is 8.31. The van der Waals surface area contributed by atoms with Crippen LogP contribution < -0.4 is 10.2 Å². The first kappa shape index (κ1) is 27.5. The van der Waals surface area contributed by atoms with Gasteiger partial charge in [-0.05, 0) is 39.4 Å². The van der Waals surface area contributed by atoms with Gasteiger partial charge in [0.1, 0.15) is 12.6 Å². The van der Waals surface area contributed by atoms with Crippen LogP contribution in [0.1, 0.15) is 28.2 Å². The Morgan fingerprint density at radius 1 is 0.786 bits per heavy atom. The van der Waals surface area contributed by atoms with Gasteiger partial charge in [0, 0.05) is 50.7 Å². The van der Waals surface area contributed by atoms with E-state index in [1.54, 1.807) is 0 Å². The average Bonchev–Trinajstić information content (AvgIpc) is 3.34. The number of aliphatic carboxylic acids is 1. The highest BCUT2D eigenvalue weighted by molar-refractivity contribution is 5.81. The average molecular weight is 562 g/mol. The number of nitrogens with one attached hydrogen (secondary N) is 1. The van der Waals surface area contributed by atoms with Crippen LogP contribution >= 0.6 is 0 Å². The first-order valence-electron chi connectivity index (χ1n) is 14.5. The molecule has 0 spiro atoms. The molecule has 2 aliphatic rings. The van der Waals surface area contributed by atoms with E-state index < -0.39 is 18.1 Å². The van der Waals surface area contributed by atoms with E-state index in [1.807, 2.05) is 54.6 Å². The normalized spacial score (nSPS) is 15.5. The maximum absolute atomic E-state index is 12.9. The number of ether oxygens (including phenoxy) is 1. The summed E-state index contributed by atoms with van der Waals surface area (Å²) in [6, 6.07) is 33.5. The van der Waals surface area contributed by atoms with Crippen LogP contribution in [0.5, 0.6) is 0 Å². The topological polar surface area (TPSA) is 82.1 Å².